The zero-order valence-electron chi connectivity index (χ0n) is 20.6. The molecule has 0 aromatic carbocycles. The summed E-state index contributed by atoms with van der Waals surface area (Å²) in [7, 11) is 2.52. The Morgan fingerprint density at radius 2 is 1.89 bits per heavy atom. The lowest BCUT2D eigenvalue weighted by Gasteiger charge is -2.13. The molecule has 1 aliphatic carbocycles. The minimum absolute atomic E-state index is 0.0642. The zero-order chi connectivity index (χ0) is 25.8. The molecule has 3 heterocycles. The minimum Gasteiger partial charge on any atom is -0.465 e. The van der Waals surface area contributed by atoms with E-state index in [1.54, 1.807) is 18.3 Å². The van der Waals surface area contributed by atoms with Gasteiger partial charge in [-0.25, -0.2) is 9.59 Å². The van der Waals surface area contributed by atoms with Crippen molar-refractivity contribution in [2.24, 2.45) is 0 Å². The minimum atomic E-state index is -0.631. The number of rotatable bonds is 9. The number of nitrogens with one attached hydrogen (secondary N) is 1. The molecule has 1 amide bonds. The number of ether oxygens (including phenoxy) is 2. The van der Waals surface area contributed by atoms with Crippen LogP contribution in [-0.4, -0.2) is 52.6 Å². The third-order valence-electron chi connectivity index (χ3n) is 5.96. The lowest BCUT2D eigenvalue weighted by atomic mass is 9.95. The average molecular weight is 549 g/mol. The summed E-state index contributed by atoms with van der Waals surface area (Å²) in [6.07, 6.45) is 5.51. The van der Waals surface area contributed by atoms with Gasteiger partial charge >= 0.3 is 11.9 Å². The van der Waals surface area contributed by atoms with Gasteiger partial charge in [-0.1, -0.05) is 18.7 Å². The van der Waals surface area contributed by atoms with Gasteiger partial charge < -0.3 is 19.4 Å². The molecule has 0 saturated heterocycles. The Labute approximate surface area is 221 Å². The van der Waals surface area contributed by atoms with Crippen LogP contribution in [0.1, 0.15) is 62.2 Å². The molecule has 1 N–H and O–H groups in total. The summed E-state index contributed by atoms with van der Waals surface area (Å²) in [5.41, 5.74) is 3.10. The quantitative estimate of drug-likeness (QED) is 0.295. The fourth-order valence-electron chi connectivity index (χ4n) is 4.23. The molecule has 0 unspecified atom stereocenters. The molecule has 192 valence electrons. The number of thioether (sulfide) groups is 1. The number of anilines is 1. The molecule has 9 nitrogen and oxygen atoms in total. The smallest absolute Gasteiger partial charge is 0.348 e. The second kappa shape index (κ2) is 11.6. The first-order valence-corrected chi connectivity index (χ1v) is 14.3. The van der Waals surface area contributed by atoms with Gasteiger partial charge in [0.05, 0.1) is 25.5 Å². The van der Waals surface area contributed by atoms with E-state index in [9.17, 15) is 14.4 Å². The number of aromatic nitrogens is 3. The molecule has 0 atom stereocenters. The molecule has 12 heteroatoms. The summed E-state index contributed by atoms with van der Waals surface area (Å²) in [4.78, 5) is 39.0. The number of carbonyl (C=O) groups is 3. The van der Waals surface area contributed by atoms with Crippen LogP contribution in [0, 0.1) is 6.92 Å². The molecule has 36 heavy (non-hydrogen) atoms. The SMILES string of the molecule is CCCn1c(SCC(=O)Nc2sc(C(=O)OC)c(C)c2C(=O)OC)nnc1-c1csc2c1CCCC2. The van der Waals surface area contributed by atoms with Gasteiger partial charge in [0.25, 0.3) is 0 Å². The number of carbonyl (C=O) groups excluding carboxylic acids is 3. The molecule has 4 rings (SSSR count). The van der Waals surface area contributed by atoms with Gasteiger partial charge in [0.2, 0.25) is 5.91 Å². The van der Waals surface area contributed by atoms with Crippen molar-refractivity contribution in [3.8, 4) is 11.4 Å². The number of aryl methyl sites for hydroxylation is 1. The Bertz CT molecular complexity index is 1290. The summed E-state index contributed by atoms with van der Waals surface area (Å²) >= 11 is 4.07. The highest BCUT2D eigenvalue weighted by molar-refractivity contribution is 7.99. The predicted molar refractivity (Wildman–Crippen MR) is 141 cm³/mol. The number of hydrogen-bond donors (Lipinski definition) is 1. The molecular formula is C24H28N4O5S3. The molecule has 3 aromatic rings. The third kappa shape index (κ3) is 5.21. The maximum absolute atomic E-state index is 12.9. The molecule has 0 radical (unpaired) electrons. The molecular weight excluding hydrogens is 520 g/mol. The van der Waals surface area contributed by atoms with Gasteiger partial charge in [-0.05, 0) is 50.2 Å². The lowest BCUT2D eigenvalue weighted by molar-refractivity contribution is -0.113. The van der Waals surface area contributed by atoms with Crippen LogP contribution in [0.4, 0.5) is 5.00 Å². The summed E-state index contributed by atoms with van der Waals surface area (Å²) in [6.45, 7) is 4.47. The Hall–Kier alpha value is -2.70. The number of nitrogens with zero attached hydrogens (tertiary/aromatic N) is 3. The number of methoxy groups -OCH3 is 2. The van der Waals surface area contributed by atoms with Gasteiger partial charge in [0.15, 0.2) is 11.0 Å². The first-order chi connectivity index (χ1) is 17.4. The van der Waals surface area contributed by atoms with Crippen molar-refractivity contribution in [3.63, 3.8) is 0 Å². The van der Waals surface area contributed by atoms with Crippen LogP contribution >= 0.6 is 34.4 Å². The van der Waals surface area contributed by atoms with Crippen molar-refractivity contribution in [1.29, 1.82) is 0 Å². The van der Waals surface area contributed by atoms with Gasteiger partial charge in [-0.2, -0.15) is 0 Å². The lowest BCUT2D eigenvalue weighted by Crippen LogP contribution is -2.16. The number of thiophene rings is 2. The van der Waals surface area contributed by atoms with E-state index in [0.29, 0.717) is 10.7 Å². The third-order valence-corrected chi connectivity index (χ3v) is 9.20. The highest BCUT2D eigenvalue weighted by atomic mass is 32.2. The van der Waals surface area contributed by atoms with Gasteiger partial charge in [-0.3, -0.25) is 4.79 Å². The molecule has 0 aliphatic heterocycles. The van der Waals surface area contributed by atoms with Crippen molar-refractivity contribution in [3.05, 3.63) is 31.8 Å². The monoisotopic (exact) mass is 548 g/mol. The summed E-state index contributed by atoms with van der Waals surface area (Å²) in [6, 6.07) is 0. The van der Waals surface area contributed by atoms with E-state index in [1.165, 1.54) is 49.3 Å². The normalized spacial score (nSPS) is 12.8. The zero-order valence-corrected chi connectivity index (χ0v) is 23.1. The van der Waals surface area contributed by atoms with Crippen LogP contribution in [0.2, 0.25) is 0 Å². The van der Waals surface area contributed by atoms with E-state index in [4.69, 9.17) is 9.47 Å². The fourth-order valence-corrected chi connectivity index (χ4v) is 7.25. The van der Waals surface area contributed by atoms with Crippen LogP contribution in [0.25, 0.3) is 11.4 Å². The fraction of sp³-hybridized carbons (Fsp3) is 0.458. The van der Waals surface area contributed by atoms with Crippen molar-refractivity contribution in [2.45, 2.75) is 57.7 Å². The maximum atomic E-state index is 12.9. The van der Waals surface area contributed by atoms with E-state index in [1.807, 2.05) is 0 Å². The molecule has 0 bridgehead atoms. The predicted octanol–water partition coefficient (Wildman–Crippen LogP) is 4.97. The van der Waals surface area contributed by atoms with Crippen LogP contribution in [0.5, 0.6) is 0 Å². The number of hydrogen-bond acceptors (Lipinski definition) is 10. The molecule has 0 spiro atoms. The molecule has 0 fully saturated rings. The van der Waals surface area contributed by atoms with Crippen molar-refractivity contribution < 1.29 is 23.9 Å². The topological polar surface area (TPSA) is 112 Å². The maximum Gasteiger partial charge on any atom is 0.348 e. The average Bonchev–Trinajstić information content (AvgIpc) is 3.57. The van der Waals surface area contributed by atoms with Gasteiger partial charge in [0, 0.05) is 22.4 Å². The Kier molecular flexibility index (Phi) is 8.47. The standard InChI is InChI=1S/C24H28N4O5S3/c1-5-10-28-20(15-11-34-16-9-7-6-8-14(15)16)26-27-24(28)35-12-17(29)25-21-18(22(30)32-3)13(2)19(36-21)23(31)33-4/h11H,5-10,12H2,1-4H3,(H,25,29). The van der Waals surface area contributed by atoms with Crippen LogP contribution < -0.4 is 5.32 Å². The van der Waals surface area contributed by atoms with Crippen LogP contribution in [0.3, 0.4) is 0 Å². The Balaban J connectivity index is 1.52. The summed E-state index contributed by atoms with van der Waals surface area (Å²) in [5, 5.41) is 14.8. The highest BCUT2D eigenvalue weighted by Gasteiger charge is 2.27. The van der Waals surface area contributed by atoms with E-state index in [2.05, 4.69) is 32.4 Å². The number of fused-ring (bicyclic) bond motifs is 1. The molecule has 1 aliphatic rings. The summed E-state index contributed by atoms with van der Waals surface area (Å²) < 4.78 is 11.7. The van der Waals surface area contributed by atoms with Crippen molar-refractivity contribution in [1.82, 2.24) is 14.8 Å². The number of esters is 2. The van der Waals surface area contributed by atoms with E-state index in [-0.39, 0.29) is 27.1 Å². The first-order valence-electron chi connectivity index (χ1n) is 11.6. The van der Waals surface area contributed by atoms with E-state index in [0.717, 1.165) is 48.5 Å². The van der Waals surface area contributed by atoms with Crippen molar-refractivity contribution >= 4 is 57.3 Å². The Morgan fingerprint density at radius 1 is 1.14 bits per heavy atom. The second-order valence-electron chi connectivity index (χ2n) is 8.30. The summed E-state index contributed by atoms with van der Waals surface area (Å²) in [5.74, 6) is -0.622. The van der Waals surface area contributed by atoms with Gasteiger partial charge in [-0.15, -0.1) is 32.9 Å². The van der Waals surface area contributed by atoms with E-state index >= 15 is 0 Å². The largest absolute Gasteiger partial charge is 0.465 e. The molecule has 0 saturated carbocycles. The van der Waals surface area contributed by atoms with Gasteiger partial charge in [0.1, 0.15) is 9.88 Å². The number of amides is 1. The Morgan fingerprint density at radius 3 is 2.61 bits per heavy atom. The van der Waals surface area contributed by atoms with Crippen LogP contribution in [0.15, 0.2) is 10.5 Å². The van der Waals surface area contributed by atoms with Crippen LogP contribution in [-0.2, 0) is 33.7 Å². The van der Waals surface area contributed by atoms with E-state index < -0.39 is 11.9 Å². The second-order valence-corrected chi connectivity index (χ2v) is 11.2. The molecule has 3 aromatic heterocycles. The highest BCUT2D eigenvalue weighted by Crippen LogP contribution is 2.37. The first kappa shape index (κ1) is 26.4. The van der Waals surface area contributed by atoms with Crippen molar-refractivity contribution in [2.75, 3.05) is 25.3 Å².